The summed E-state index contributed by atoms with van der Waals surface area (Å²) in [5, 5.41) is 7.78. The number of carbonyl (C=O) groups excluding carboxylic acids is 1. The highest BCUT2D eigenvalue weighted by atomic mass is 19.1. The summed E-state index contributed by atoms with van der Waals surface area (Å²) in [5.41, 5.74) is 0.123. The van der Waals surface area contributed by atoms with E-state index in [1.165, 1.54) is 41.9 Å². The van der Waals surface area contributed by atoms with Crippen LogP contribution >= 0.6 is 0 Å². The first-order valence-corrected chi connectivity index (χ1v) is 8.98. The Morgan fingerprint density at radius 2 is 1.96 bits per heavy atom. The number of nitrogens with zero attached hydrogens (tertiary/aromatic N) is 5. The molecule has 4 rings (SSSR count). The van der Waals surface area contributed by atoms with Gasteiger partial charge in [-0.05, 0) is 31.5 Å². The first kappa shape index (κ1) is 17.1. The number of carbonyl (C=O) groups is 1. The zero-order chi connectivity index (χ0) is 18.1. The largest absolute Gasteiger partial charge is 0.334 e. The fourth-order valence-electron chi connectivity index (χ4n) is 3.82. The highest BCUT2D eigenvalue weighted by Gasteiger charge is 2.32. The van der Waals surface area contributed by atoms with E-state index >= 15 is 0 Å². The van der Waals surface area contributed by atoms with Crippen LogP contribution in [0.2, 0.25) is 0 Å². The molecule has 0 spiro atoms. The minimum absolute atomic E-state index is 0.0905. The summed E-state index contributed by atoms with van der Waals surface area (Å²) in [4.78, 5) is 17.0. The van der Waals surface area contributed by atoms with Crippen LogP contribution in [0.4, 0.5) is 8.78 Å². The van der Waals surface area contributed by atoms with Crippen LogP contribution in [0.3, 0.4) is 0 Å². The number of hydrogen-bond acceptors (Lipinski definition) is 4. The molecule has 26 heavy (non-hydrogen) atoms. The Morgan fingerprint density at radius 1 is 1.15 bits per heavy atom. The smallest absolute Gasteiger partial charge is 0.276 e. The molecule has 2 aliphatic rings. The number of halogens is 2. The molecule has 0 N–H and O–H groups in total. The maximum atomic E-state index is 13.8. The molecule has 1 atom stereocenters. The Labute approximate surface area is 150 Å². The minimum atomic E-state index is -0.637. The van der Waals surface area contributed by atoms with Gasteiger partial charge in [0.25, 0.3) is 5.91 Å². The van der Waals surface area contributed by atoms with Crippen molar-refractivity contribution in [3.63, 3.8) is 0 Å². The van der Waals surface area contributed by atoms with E-state index in [9.17, 15) is 13.6 Å². The van der Waals surface area contributed by atoms with Crippen molar-refractivity contribution in [3.05, 3.63) is 47.3 Å². The van der Waals surface area contributed by atoms with Gasteiger partial charge in [-0.15, -0.1) is 5.10 Å². The maximum Gasteiger partial charge on any atom is 0.276 e. The molecule has 8 heteroatoms. The van der Waals surface area contributed by atoms with Crippen LogP contribution in [0, 0.1) is 11.6 Å². The van der Waals surface area contributed by atoms with E-state index in [-0.39, 0.29) is 23.7 Å². The molecule has 2 aromatic rings. The Balaban J connectivity index is 1.45. The van der Waals surface area contributed by atoms with Gasteiger partial charge in [0.2, 0.25) is 0 Å². The monoisotopic (exact) mass is 361 g/mol. The van der Waals surface area contributed by atoms with Crippen LogP contribution in [0.1, 0.15) is 35.3 Å². The summed E-state index contributed by atoms with van der Waals surface area (Å²) in [6.45, 7) is 3.26. The van der Waals surface area contributed by atoms with Crippen molar-refractivity contribution in [2.24, 2.45) is 0 Å². The predicted octanol–water partition coefficient (Wildman–Crippen LogP) is 1.91. The summed E-state index contributed by atoms with van der Waals surface area (Å²) in [6.07, 6.45) is 5.00. The third-order valence-electron chi connectivity index (χ3n) is 5.26. The van der Waals surface area contributed by atoms with E-state index in [2.05, 4.69) is 15.2 Å². The van der Waals surface area contributed by atoms with E-state index in [0.717, 1.165) is 19.5 Å². The molecule has 1 aromatic carbocycles. The molecule has 0 bridgehead atoms. The van der Waals surface area contributed by atoms with Gasteiger partial charge in [-0.2, -0.15) is 0 Å². The van der Waals surface area contributed by atoms with Crippen LogP contribution in [0.5, 0.6) is 0 Å². The second-order valence-corrected chi connectivity index (χ2v) is 6.94. The number of piperazine rings is 1. The van der Waals surface area contributed by atoms with Crippen LogP contribution in [-0.2, 0) is 6.54 Å². The molecule has 0 aliphatic carbocycles. The molecule has 1 aromatic heterocycles. The topological polar surface area (TPSA) is 54.3 Å². The molecule has 0 radical (unpaired) electrons. The van der Waals surface area contributed by atoms with E-state index < -0.39 is 11.6 Å². The zero-order valence-corrected chi connectivity index (χ0v) is 14.4. The summed E-state index contributed by atoms with van der Waals surface area (Å²) in [7, 11) is 0. The molecular formula is C18H21F2N5O. The summed E-state index contributed by atoms with van der Waals surface area (Å²) in [6, 6.07) is 4.13. The first-order chi connectivity index (χ1) is 12.6. The molecule has 2 fully saturated rings. The molecule has 2 aliphatic heterocycles. The number of rotatable bonds is 3. The van der Waals surface area contributed by atoms with Gasteiger partial charge in [-0.1, -0.05) is 17.7 Å². The Morgan fingerprint density at radius 3 is 2.77 bits per heavy atom. The Kier molecular flexibility index (Phi) is 4.67. The highest BCUT2D eigenvalue weighted by molar-refractivity contribution is 5.92. The van der Waals surface area contributed by atoms with Gasteiger partial charge < -0.3 is 4.90 Å². The number of piperidine rings is 1. The second-order valence-electron chi connectivity index (χ2n) is 6.94. The first-order valence-electron chi connectivity index (χ1n) is 8.98. The van der Waals surface area contributed by atoms with Gasteiger partial charge in [-0.25, -0.2) is 13.5 Å². The fourth-order valence-corrected chi connectivity index (χ4v) is 3.82. The summed E-state index contributed by atoms with van der Waals surface area (Å²) < 4.78 is 28.8. The second kappa shape index (κ2) is 7.11. The lowest BCUT2D eigenvalue weighted by molar-refractivity contribution is 0.0368. The van der Waals surface area contributed by atoms with Crippen molar-refractivity contribution in [1.29, 1.82) is 0 Å². The number of fused-ring (bicyclic) bond motifs is 1. The van der Waals surface area contributed by atoms with E-state index in [0.29, 0.717) is 19.1 Å². The van der Waals surface area contributed by atoms with Gasteiger partial charge in [0.15, 0.2) is 5.69 Å². The van der Waals surface area contributed by atoms with Crippen molar-refractivity contribution in [2.75, 3.05) is 26.2 Å². The lowest BCUT2D eigenvalue weighted by atomic mass is 9.99. The Hall–Kier alpha value is -2.35. The quantitative estimate of drug-likeness (QED) is 0.838. The number of hydrogen-bond donors (Lipinski definition) is 0. The predicted molar refractivity (Wildman–Crippen MR) is 90.6 cm³/mol. The molecule has 0 unspecified atom stereocenters. The fraction of sp³-hybridized carbons (Fsp3) is 0.500. The van der Waals surface area contributed by atoms with E-state index in [1.54, 1.807) is 0 Å². The lowest BCUT2D eigenvalue weighted by Crippen LogP contribution is -2.56. The number of aromatic nitrogens is 3. The van der Waals surface area contributed by atoms with Crippen molar-refractivity contribution in [1.82, 2.24) is 24.8 Å². The zero-order valence-electron chi connectivity index (χ0n) is 14.4. The van der Waals surface area contributed by atoms with Gasteiger partial charge in [0.1, 0.15) is 11.6 Å². The van der Waals surface area contributed by atoms with Crippen molar-refractivity contribution < 1.29 is 13.6 Å². The molecule has 2 saturated heterocycles. The van der Waals surface area contributed by atoms with Gasteiger partial charge in [-0.3, -0.25) is 9.69 Å². The maximum absolute atomic E-state index is 13.8. The average molecular weight is 361 g/mol. The Bertz CT molecular complexity index is 788. The molecule has 6 nitrogen and oxygen atoms in total. The number of benzene rings is 1. The standard InChI is InChI=1S/C18H21F2N5O/c19-15-5-3-6-16(20)14(15)11-25-12-17(21-22-25)18(26)24-9-8-23-7-2-1-4-13(23)10-24/h3,5-6,12-13H,1-2,4,7-11H2/t13-/m1/s1. The number of amides is 1. The van der Waals surface area contributed by atoms with Gasteiger partial charge >= 0.3 is 0 Å². The summed E-state index contributed by atoms with van der Waals surface area (Å²) in [5.74, 6) is -1.45. The van der Waals surface area contributed by atoms with Crippen molar-refractivity contribution in [3.8, 4) is 0 Å². The normalized spacial score (nSPS) is 20.8. The van der Waals surface area contributed by atoms with Gasteiger partial charge in [0, 0.05) is 31.2 Å². The van der Waals surface area contributed by atoms with Crippen molar-refractivity contribution in [2.45, 2.75) is 31.8 Å². The average Bonchev–Trinajstić information content (AvgIpc) is 3.12. The van der Waals surface area contributed by atoms with Crippen LogP contribution in [0.15, 0.2) is 24.4 Å². The van der Waals surface area contributed by atoms with Crippen LogP contribution < -0.4 is 0 Å². The third-order valence-corrected chi connectivity index (χ3v) is 5.26. The van der Waals surface area contributed by atoms with Gasteiger partial charge in [0.05, 0.1) is 12.7 Å². The van der Waals surface area contributed by atoms with Crippen molar-refractivity contribution >= 4 is 5.91 Å². The SMILES string of the molecule is O=C(c1cn(Cc2c(F)cccc2F)nn1)N1CCN2CCCC[C@@H]2C1. The molecule has 0 saturated carbocycles. The molecular weight excluding hydrogens is 340 g/mol. The molecule has 138 valence electrons. The van der Waals surface area contributed by atoms with E-state index in [1.807, 2.05) is 4.90 Å². The highest BCUT2D eigenvalue weighted by Crippen LogP contribution is 2.22. The lowest BCUT2D eigenvalue weighted by Gasteiger charge is -2.43. The molecule has 3 heterocycles. The minimum Gasteiger partial charge on any atom is -0.334 e. The summed E-state index contributed by atoms with van der Waals surface area (Å²) >= 11 is 0. The van der Waals surface area contributed by atoms with Crippen LogP contribution in [0.25, 0.3) is 0 Å². The molecule has 1 amide bonds. The third kappa shape index (κ3) is 3.33. The van der Waals surface area contributed by atoms with Crippen LogP contribution in [-0.4, -0.2) is 62.9 Å². The van der Waals surface area contributed by atoms with E-state index in [4.69, 9.17) is 0 Å².